The van der Waals surface area contributed by atoms with Gasteiger partial charge >= 0.3 is 0 Å². The van der Waals surface area contributed by atoms with Gasteiger partial charge in [-0.2, -0.15) is 10.2 Å². The molecule has 2 aliphatic rings. The number of aromatic nitrogens is 4. The minimum atomic E-state index is 0.180. The maximum absolute atomic E-state index is 6.40. The Morgan fingerprint density at radius 2 is 2.03 bits per heavy atom. The molecular weight excluding hydrogens is 402 g/mol. The number of aromatic amines is 1. The van der Waals surface area contributed by atoms with Crippen molar-refractivity contribution in [1.82, 2.24) is 24.9 Å². The molecule has 4 heterocycles. The van der Waals surface area contributed by atoms with Gasteiger partial charge in [0.2, 0.25) is 5.88 Å². The summed E-state index contributed by atoms with van der Waals surface area (Å²) in [5.41, 5.74) is 4.99. The van der Waals surface area contributed by atoms with Crippen molar-refractivity contribution < 1.29 is 9.47 Å². The Morgan fingerprint density at radius 1 is 1.09 bits per heavy atom. The minimum absolute atomic E-state index is 0.180. The third kappa shape index (κ3) is 3.44. The summed E-state index contributed by atoms with van der Waals surface area (Å²) in [7, 11) is 1.92. The van der Waals surface area contributed by atoms with Gasteiger partial charge in [-0.05, 0) is 42.3 Å². The van der Waals surface area contributed by atoms with E-state index in [0.29, 0.717) is 6.61 Å². The van der Waals surface area contributed by atoms with Crippen LogP contribution in [0.4, 0.5) is 0 Å². The molecule has 32 heavy (non-hydrogen) atoms. The van der Waals surface area contributed by atoms with Crippen molar-refractivity contribution in [3.05, 3.63) is 59.9 Å². The molecule has 1 unspecified atom stereocenters. The Balaban J connectivity index is 1.46. The number of H-pyrrole nitrogens is 1. The van der Waals surface area contributed by atoms with E-state index < -0.39 is 0 Å². The largest absolute Gasteiger partial charge is 0.488 e. The van der Waals surface area contributed by atoms with Crippen molar-refractivity contribution in [3.8, 4) is 22.8 Å². The Kier molecular flexibility index (Phi) is 4.69. The Morgan fingerprint density at radius 3 is 3.00 bits per heavy atom. The second kappa shape index (κ2) is 7.84. The van der Waals surface area contributed by atoms with E-state index in [4.69, 9.17) is 9.47 Å². The lowest BCUT2D eigenvalue weighted by Gasteiger charge is -2.18. The fourth-order valence-corrected chi connectivity index (χ4v) is 4.57. The average Bonchev–Trinajstić information content (AvgIpc) is 3.52. The van der Waals surface area contributed by atoms with Gasteiger partial charge < -0.3 is 9.47 Å². The number of ether oxygens (including phenoxy) is 2. The van der Waals surface area contributed by atoms with Gasteiger partial charge in [0, 0.05) is 37.6 Å². The van der Waals surface area contributed by atoms with Crippen LogP contribution in [0, 0.1) is 0 Å². The van der Waals surface area contributed by atoms with E-state index >= 15 is 0 Å². The minimum Gasteiger partial charge on any atom is -0.488 e. The number of nitrogens with one attached hydrogen (secondary N) is 1. The van der Waals surface area contributed by atoms with Crippen molar-refractivity contribution in [1.29, 1.82) is 0 Å². The zero-order chi connectivity index (χ0) is 21.5. The number of hydrogen-bond acceptors (Lipinski definition) is 5. The number of rotatable bonds is 0. The van der Waals surface area contributed by atoms with E-state index in [0.717, 1.165) is 71.0 Å². The van der Waals surface area contributed by atoms with Crippen molar-refractivity contribution in [3.63, 3.8) is 0 Å². The number of para-hydroxylation sites is 1. The molecule has 1 N–H and O–H groups in total. The predicted molar refractivity (Wildman–Crippen MR) is 125 cm³/mol. The van der Waals surface area contributed by atoms with Crippen molar-refractivity contribution in [2.45, 2.75) is 12.5 Å². The molecule has 0 saturated carbocycles. The lowest BCUT2D eigenvalue weighted by atomic mass is 10.0. The molecule has 1 fully saturated rings. The fraction of sp³-hybridized carbons (Fsp3) is 0.280. The van der Waals surface area contributed by atoms with Gasteiger partial charge in [-0.15, -0.1) is 0 Å². The van der Waals surface area contributed by atoms with Crippen LogP contribution in [0.3, 0.4) is 0 Å². The summed E-state index contributed by atoms with van der Waals surface area (Å²) >= 11 is 0. The summed E-state index contributed by atoms with van der Waals surface area (Å²) in [5, 5.41) is 13.2. The maximum atomic E-state index is 6.40. The molecule has 7 nitrogen and oxygen atoms in total. The molecule has 2 aromatic heterocycles. The maximum Gasteiger partial charge on any atom is 0.219 e. The van der Waals surface area contributed by atoms with Crippen molar-refractivity contribution in [2.75, 3.05) is 26.2 Å². The molecule has 4 aromatic rings. The summed E-state index contributed by atoms with van der Waals surface area (Å²) in [6.45, 7) is 3.38. The smallest absolute Gasteiger partial charge is 0.219 e. The topological polar surface area (TPSA) is 68.2 Å². The highest BCUT2D eigenvalue weighted by atomic mass is 16.5. The molecule has 2 atom stereocenters. The van der Waals surface area contributed by atoms with Crippen molar-refractivity contribution in [2.24, 2.45) is 7.05 Å². The first-order chi connectivity index (χ1) is 15.7. The third-order valence-electron chi connectivity index (χ3n) is 6.30. The molecule has 0 aliphatic carbocycles. The molecule has 1 saturated heterocycles. The Bertz CT molecular complexity index is 1300. The van der Waals surface area contributed by atoms with Gasteiger partial charge in [-0.3, -0.25) is 10.00 Å². The molecule has 2 aromatic carbocycles. The summed E-state index contributed by atoms with van der Waals surface area (Å²) in [4.78, 5) is 2.40. The summed E-state index contributed by atoms with van der Waals surface area (Å²) in [5.74, 6) is 1.70. The van der Waals surface area contributed by atoms with E-state index in [1.165, 1.54) is 0 Å². The lowest BCUT2D eigenvalue weighted by Crippen LogP contribution is -2.29. The third-order valence-corrected chi connectivity index (χ3v) is 6.30. The number of fused-ring (bicyclic) bond motifs is 6. The van der Waals surface area contributed by atoms with Crippen LogP contribution < -0.4 is 9.47 Å². The van der Waals surface area contributed by atoms with Gasteiger partial charge in [0.05, 0.1) is 23.0 Å². The van der Waals surface area contributed by atoms with Crippen LogP contribution in [0.1, 0.15) is 17.7 Å². The zero-order valence-electron chi connectivity index (χ0n) is 18.0. The van der Waals surface area contributed by atoms with Crippen LogP contribution >= 0.6 is 0 Å². The van der Waals surface area contributed by atoms with Crippen LogP contribution in [0.2, 0.25) is 0 Å². The van der Waals surface area contributed by atoms with Gasteiger partial charge in [-0.25, -0.2) is 4.68 Å². The zero-order valence-corrected chi connectivity index (χ0v) is 18.0. The van der Waals surface area contributed by atoms with Crippen LogP contribution in [0.5, 0.6) is 11.6 Å². The van der Waals surface area contributed by atoms with E-state index in [9.17, 15) is 0 Å². The molecule has 2 aliphatic heterocycles. The predicted octanol–water partition coefficient (Wildman–Crippen LogP) is 3.98. The summed E-state index contributed by atoms with van der Waals surface area (Å²) < 4.78 is 14.4. The first-order valence-electron chi connectivity index (χ1n) is 11.0. The van der Waals surface area contributed by atoms with Crippen LogP contribution in [-0.2, 0) is 7.05 Å². The Hall–Kier alpha value is -3.58. The van der Waals surface area contributed by atoms with Gasteiger partial charge in [0.1, 0.15) is 18.5 Å². The second-order valence-corrected chi connectivity index (χ2v) is 8.40. The number of hydrogen-bond donors (Lipinski definition) is 1. The number of aryl methyl sites for hydroxylation is 1. The van der Waals surface area contributed by atoms with Crippen LogP contribution in [0.15, 0.2) is 48.7 Å². The highest BCUT2D eigenvalue weighted by Gasteiger charge is 2.25. The SMILES string of the molecule is Cn1ncc2c1OCCN1CC[C@H](C1)Oc1ccccc1/C=C/c1n[nH]c3ccc-2cc13. The second-order valence-electron chi connectivity index (χ2n) is 8.40. The normalized spacial score (nSPS) is 21.4. The molecule has 162 valence electrons. The highest BCUT2D eigenvalue weighted by molar-refractivity contribution is 5.93. The standard InChI is InChI=1S/C25H25N5O2/c1-29-25-21(15-26-29)18-7-9-23-20(14-18)22(27-28-23)8-6-17-4-2-3-5-24(17)32-19-10-11-30(16-19)12-13-31-25/h2-9,14-15,19H,10-13,16H2,1H3,(H,27,28)/b8-6+/t19-/m1/s1. The molecule has 4 bridgehead atoms. The molecule has 6 rings (SSSR count). The highest BCUT2D eigenvalue weighted by Crippen LogP contribution is 2.33. The lowest BCUT2D eigenvalue weighted by molar-refractivity contribution is 0.183. The van der Waals surface area contributed by atoms with E-state index in [2.05, 4.69) is 50.5 Å². The van der Waals surface area contributed by atoms with Crippen molar-refractivity contribution >= 4 is 23.1 Å². The molecule has 7 heteroatoms. The molecule has 0 radical (unpaired) electrons. The fourth-order valence-electron chi connectivity index (χ4n) is 4.57. The molecule has 0 amide bonds. The van der Waals surface area contributed by atoms with Gasteiger partial charge in [-0.1, -0.05) is 24.3 Å². The average molecular weight is 428 g/mol. The van der Waals surface area contributed by atoms with E-state index in [1.807, 2.05) is 37.5 Å². The van der Waals surface area contributed by atoms with Crippen LogP contribution in [0.25, 0.3) is 34.2 Å². The molecule has 0 spiro atoms. The Labute approximate surface area is 186 Å². The van der Waals surface area contributed by atoms with Crippen LogP contribution in [-0.4, -0.2) is 57.2 Å². The summed E-state index contributed by atoms with van der Waals surface area (Å²) in [6.07, 6.45) is 7.20. The van der Waals surface area contributed by atoms with Gasteiger partial charge in [0.15, 0.2) is 0 Å². The quantitative estimate of drug-likeness (QED) is 0.460. The monoisotopic (exact) mass is 427 g/mol. The van der Waals surface area contributed by atoms with E-state index in [-0.39, 0.29) is 6.10 Å². The molecular formula is C25H25N5O2. The summed E-state index contributed by atoms with van der Waals surface area (Å²) in [6, 6.07) is 14.5. The van der Waals surface area contributed by atoms with E-state index in [1.54, 1.807) is 4.68 Å². The number of benzene rings is 2. The first kappa shape index (κ1) is 19.1. The first-order valence-corrected chi connectivity index (χ1v) is 11.0. The number of nitrogens with zero attached hydrogens (tertiary/aromatic N) is 4. The van der Waals surface area contributed by atoms with Gasteiger partial charge in [0.25, 0.3) is 0 Å².